The lowest BCUT2D eigenvalue weighted by molar-refractivity contribution is 0.669. The third-order valence-electron chi connectivity index (χ3n) is 16.8. The van der Waals surface area contributed by atoms with Gasteiger partial charge in [0.1, 0.15) is 11.2 Å². The average molecular weight is 1370 g/mol. The molecule has 0 bridgehead atoms. The van der Waals surface area contributed by atoms with Crippen LogP contribution < -0.4 is 0 Å². The molecule has 0 aliphatic heterocycles. The van der Waals surface area contributed by atoms with Crippen LogP contribution in [0.1, 0.15) is 101 Å². The van der Waals surface area contributed by atoms with E-state index in [1.807, 2.05) is 131 Å². The smallest absolute Gasteiger partial charge is 0.135 e. The van der Waals surface area contributed by atoms with Crippen molar-refractivity contribution in [2.24, 2.45) is 0 Å². The largest absolute Gasteiger partial charge is 0.456 e. The highest BCUT2D eigenvalue weighted by molar-refractivity contribution is 7.26. The normalized spacial score (nSPS) is 10.5. The first-order chi connectivity index (χ1) is 47.9. The van der Waals surface area contributed by atoms with Crippen molar-refractivity contribution >= 4 is 116 Å². The topological polar surface area (TPSA) is 51.8 Å². The number of aryl methyl sites for hydroxylation is 18. The van der Waals surface area contributed by atoms with Gasteiger partial charge in [-0.15, -0.1) is 34.0 Å². The maximum Gasteiger partial charge on any atom is 0.135 e. The minimum Gasteiger partial charge on any atom is -0.456 e. The molecule has 17 rings (SSSR count). The molecule has 0 amide bonds. The quantitative estimate of drug-likeness (QED) is 0.152. The first-order valence-electron chi connectivity index (χ1n) is 34.2. The lowest BCUT2D eigenvalue weighted by Gasteiger charge is -1.95. The van der Waals surface area contributed by atoms with Crippen LogP contribution in [0.3, 0.4) is 0 Å². The van der Waals surface area contributed by atoms with Gasteiger partial charge in [-0.25, -0.2) is 0 Å². The Morgan fingerprint density at radius 2 is 0.590 bits per heavy atom. The van der Waals surface area contributed by atoms with Crippen LogP contribution in [0.2, 0.25) is 0 Å². The summed E-state index contributed by atoms with van der Waals surface area (Å²) in [6, 6.07) is 81.6. The SMILES string of the molecule is Cc1ccc(C)cc1.Cc1ccc(C)nc1.Cc1ccc2c(c1)sc1cc(C)ccc12.Cc1ccc2oc3ccc(C)cc3c2c1.Cc1ccc2sc3ccc(C)cc3c2c1.Cc1cccc(C)c1.Cc1cccc(C)n1.Cc1cccc2c1sc1c(C)cccc12.Cc1cncc(C)c1. The van der Waals surface area contributed by atoms with Crippen molar-refractivity contribution in [3.05, 3.63) is 350 Å². The van der Waals surface area contributed by atoms with Crippen LogP contribution in [0, 0.1) is 125 Å². The second-order valence-electron chi connectivity index (χ2n) is 26.6. The maximum atomic E-state index is 5.76. The zero-order valence-electron chi connectivity index (χ0n) is 61.6. The molecule has 0 aliphatic carbocycles. The van der Waals surface area contributed by atoms with Crippen LogP contribution in [-0.4, -0.2) is 15.0 Å². The number of hydrogen-bond donors (Lipinski definition) is 0. The van der Waals surface area contributed by atoms with Crippen LogP contribution >= 0.6 is 34.0 Å². The van der Waals surface area contributed by atoms with Gasteiger partial charge in [-0.2, -0.15) is 0 Å². The second kappa shape index (κ2) is 35.2. The van der Waals surface area contributed by atoms with Crippen molar-refractivity contribution in [2.45, 2.75) is 125 Å². The molecule has 0 spiro atoms. The van der Waals surface area contributed by atoms with Gasteiger partial charge in [-0.3, -0.25) is 15.0 Å². The first-order valence-corrected chi connectivity index (χ1v) is 36.7. The molecule has 0 saturated carbocycles. The predicted octanol–water partition coefficient (Wildman–Crippen LogP) is 27.9. The summed E-state index contributed by atoms with van der Waals surface area (Å²) in [6.45, 7) is 37.7. The highest BCUT2D eigenvalue weighted by atomic mass is 32.1. The van der Waals surface area contributed by atoms with Gasteiger partial charge in [-0.05, 0) is 242 Å². The molecule has 0 saturated heterocycles. The molecule has 0 aliphatic rings. The van der Waals surface area contributed by atoms with Crippen molar-refractivity contribution < 1.29 is 4.42 Å². The first kappa shape index (κ1) is 74.3. The number of fused-ring (bicyclic) bond motifs is 12. The number of thiophene rings is 3. The van der Waals surface area contributed by atoms with Gasteiger partial charge < -0.3 is 4.42 Å². The Bertz CT molecular complexity index is 4950. The number of benzene rings is 10. The highest BCUT2D eigenvalue weighted by Gasteiger charge is 2.10. The van der Waals surface area contributed by atoms with Crippen molar-refractivity contribution in [1.82, 2.24) is 15.0 Å². The van der Waals surface area contributed by atoms with Crippen molar-refractivity contribution in [1.29, 1.82) is 0 Å². The average Bonchev–Trinajstić information content (AvgIpc) is 1.66. The summed E-state index contributed by atoms with van der Waals surface area (Å²) in [5, 5.41) is 10.8. The van der Waals surface area contributed by atoms with Crippen molar-refractivity contribution in [3.63, 3.8) is 0 Å². The van der Waals surface area contributed by atoms with E-state index >= 15 is 0 Å². The molecule has 0 N–H and O–H groups in total. The Balaban J connectivity index is 0.000000133. The molecule has 17 aromatic rings. The molecular formula is C93H95N3OS3. The molecular weight excluding hydrogens is 1270 g/mol. The molecule has 7 heterocycles. The summed E-state index contributed by atoms with van der Waals surface area (Å²) in [5.41, 5.74) is 24.9. The van der Waals surface area contributed by atoms with E-state index in [0.29, 0.717) is 0 Å². The fraction of sp³-hybridized carbons (Fsp3) is 0.194. The molecule has 0 unspecified atom stereocenters. The van der Waals surface area contributed by atoms with Gasteiger partial charge in [0.2, 0.25) is 0 Å². The maximum absolute atomic E-state index is 5.76. The van der Waals surface area contributed by atoms with E-state index in [4.69, 9.17) is 4.42 Å². The van der Waals surface area contributed by atoms with Crippen LogP contribution in [0.4, 0.5) is 0 Å². The zero-order chi connectivity index (χ0) is 71.6. The molecule has 7 aromatic heterocycles. The number of hydrogen-bond acceptors (Lipinski definition) is 7. The van der Waals surface area contributed by atoms with Crippen LogP contribution in [0.25, 0.3) is 82.5 Å². The van der Waals surface area contributed by atoms with Gasteiger partial charge in [-0.1, -0.05) is 196 Å². The molecule has 7 heteroatoms. The van der Waals surface area contributed by atoms with E-state index in [2.05, 4.69) is 292 Å². The Labute approximate surface area is 605 Å². The standard InChI is InChI=1S/C14H12O.3C14H12S.2C8H10.3C7H9N/c2*1-9-3-5-13-11(7-9)12-8-10(2)4-6-14(12)15-13;1-9-3-5-11-12-6-4-10(2)8-14(12)15-13(11)7-9;1-9-5-3-7-11-12-8-4-6-10(2)14(12)15-13(9)11;1-7-3-5-8(2)6-4-7;1-7-4-3-5-8(2)6-7;1-6-3-7(2)5-8-4-6;1-6-3-4-7(2)8-5-6;1-6-4-3-5-7(2)8-6/h4*3-8H,1-2H3;2*3-6H,1-2H3;3*3-5H,1-2H3. The van der Waals surface area contributed by atoms with Gasteiger partial charge >= 0.3 is 0 Å². The van der Waals surface area contributed by atoms with E-state index in [1.54, 1.807) is 0 Å². The fourth-order valence-electron chi connectivity index (χ4n) is 11.5. The second-order valence-corrected chi connectivity index (χ2v) is 29.7. The minimum atomic E-state index is 0.973. The Morgan fingerprint density at radius 1 is 0.230 bits per heavy atom. The lowest BCUT2D eigenvalue weighted by Crippen LogP contribution is -1.81. The Kier molecular flexibility index (Phi) is 26.2. The summed E-state index contributed by atoms with van der Waals surface area (Å²) >= 11 is 5.68. The summed E-state index contributed by atoms with van der Waals surface area (Å²) < 4.78 is 14.2. The zero-order valence-corrected chi connectivity index (χ0v) is 64.1. The third-order valence-corrected chi connectivity index (χ3v) is 20.5. The molecule has 10 aromatic carbocycles. The lowest BCUT2D eigenvalue weighted by atomic mass is 10.1. The van der Waals surface area contributed by atoms with Crippen molar-refractivity contribution in [3.8, 4) is 0 Å². The molecule has 100 heavy (non-hydrogen) atoms. The number of furan rings is 1. The molecule has 0 radical (unpaired) electrons. The monoisotopic (exact) mass is 1370 g/mol. The van der Waals surface area contributed by atoms with Gasteiger partial charge in [0.05, 0.1) is 0 Å². The van der Waals surface area contributed by atoms with Gasteiger partial charge in [0, 0.05) is 107 Å². The molecule has 506 valence electrons. The number of rotatable bonds is 0. The predicted molar refractivity (Wildman–Crippen MR) is 443 cm³/mol. The number of pyridine rings is 3. The van der Waals surface area contributed by atoms with E-state index in [1.165, 1.54) is 155 Å². The van der Waals surface area contributed by atoms with E-state index in [-0.39, 0.29) is 0 Å². The summed E-state index contributed by atoms with van der Waals surface area (Å²) in [4.78, 5) is 12.2. The summed E-state index contributed by atoms with van der Waals surface area (Å²) in [5.74, 6) is 0. The molecule has 4 nitrogen and oxygen atoms in total. The Morgan fingerprint density at radius 3 is 0.970 bits per heavy atom. The highest BCUT2D eigenvalue weighted by Crippen LogP contribution is 2.39. The summed E-state index contributed by atoms with van der Waals surface area (Å²) in [6.07, 6.45) is 5.58. The Hall–Kier alpha value is -9.89. The van der Waals surface area contributed by atoms with Crippen molar-refractivity contribution in [2.75, 3.05) is 0 Å². The molecule has 0 atom stereocenters. The molecule has 0 fully saturated rings. The number of nitrogens with zero attached hydrogens (tertiary/aromatic N) is 3. The van der Waals surface area contributed by atoms with Crippen LogP contribution in [0.15, 0.2) is 254 Å². The van der Waals surface area contributed by atoms with E-state index < -0.39 is 0 Å². The van der Waals surface area contributed by atoms with Crippen LogP contribution in [0.5, 0.6) is 0 Å². The van der Waals surface area contributed by atoms with E-state index in [0.717, 1.165) is 28.2 Å². The van der Waals surface area contributed by atoms with E-state index in [9.17, 15) is 0 Å². The van der Waals surface area contributed by atoms with Crippen LogP contribution in [-0.2, 0) is 0 Å². The fourth-order valence-corrected chi connectivity index (χ4v) is 15.1. The summed E-state index contributed by atoms with van der Waals surface area (Å²) in [7, 11) is 0. The van der Waals surface area contributed by atoms with Gasteiger partial charge in [0.15, 0.2) is 0 Å². The minimum absolute atomic E-state index is 0.973. The third kappa shape index (κ3) is 21.1. The number of aromatic nitrogens is 3. The van der Waals surface area contributed by atoms with Gasteiger partial charge in [0.25, 0.3) is 0 Å².